The molecule has 27 heavy (non-hydrogen) atoms. The average Bonchev–Trinajstić information content (AvgIpc) is 2.67. The van der Waals surface area contributed by atoms with Gasteiger partial charge in [0.15, 0.2) is 6.61 Å². The van der Waals surface area contributed by atoms with Crippen LogP contribution in [0.3, 0.4) is 0 Å². The molecule has 2 aromatic carbocycles. The van der Waals surface area contributed by atoms with Gasteiger partial charge in [0.25, 0.3) is 5.91 Å². The summed E-state index contributed by atoms with van der Waals surface area (Å²) < 4.78 is 5.39. The summed E-state index contributed by atoms with van der Waals surface area (Å²) >= 11 is 0. The Balaban J connectivity index is 1.53. The zero-order valence-electron chi connectivity index (χ0n) is 15.1. The van der Waals surface area contributed by atoms with E-state index in [4.69, 9.17) is 4.74 Å². The quantitative estimate of drug-likeness (QED) is 0.846. The minimum Gasteiger partial charge on any atom is -0.482 e. The molecule has 0 atom stereocenters. The minimum atomic E-state index is -0.273. The van der Waals surface area contributed by atoms with Crippen LogP contribution in [0.5, 0.6) is 5.75 Å². The summed E-state index contributed by atoms with van der Waals surface area (Å²) in [6, 6.07) is 16.3. The Morgan fingerprint density at radius 3 is 2.59 bits per heavy atom. The number of nitrogens with zero attached hydrogens (tertiary/aromatic N) is 2. The van der Waals surface area contributed by atoms with Gasteiger partial charge < -0.3 is 19.9 Å². The van der Waals surface area contributed by atoms with E-state index in [1.54, 1.807) is 36.2 Å². The second kappa shape index (κ2) is 8.35. The molecule has 0 saturated carbocycles. The number of para-hydroxylation sites is 3. The maximum Gasteiger partial charge on any atom is 0.265 e. The van der Waals surface area contributed by atoms with Crippen LogP contribution >= 0.6 is 0 Å². The van der Waals surface area contributed by atoms with Crippen molar-refractivity contribution >= 4 is 29.1 Å². The van der Waals surface area contributed by atoms with Crippen molar-refractivity contribution < 1.29 is 19.1 Å². The SMILES string of the molecule is CN(CC(=O)Nc1ccccc1)C(=O)CCN1C(=O)COc2ccccc21. The van der Waals surface area contributed by atoms with Gasteiger partial charge in [0.1, 0.15) is 5.75 Å². The van der Waals surface area contributed by atoms with Crippen molar-refractivity contribution in [2.24, 2.45) is 0 Å². The Hall–Kier alpha value is -3.35. The Labute approximate surface area is 157 Å². The van der Waals surface area contributed by atoms with Crippen LogP contribution in [-0.2, 0) is 14.4 Å². The number of amides is 3. The maximum atomic E-state index is 12.4. The summed E-state index contributed by atoms with van der Waals surface area (Å²) in [6.07, 6.45) is 0.120. The van der Waals surface area contributed by atoms with Crippen LogP contribution < -0.4 is 15.0 Å². The lowest BCUT2D eigenvalue weighted by Crippen LogP contribution is -2.42. The zero-order valence-corrected chi connectivity index (χ0v) is 15.1. The lowest BCUT2D eigenvalue weighted by Gasteiger charge is -2.29. The third kappa shape index (κ3) is 4.63. The molecule has 1 aliphatic rings. The van der Waals surface area contributed by atoms with Crippen molar-refractivity contribution in [3.05, 3.63) is 54.6 Å². The third-order valence-corrected chi connectivity index (χ3v) is 4.22. The van der Waals surface area contributed by atoms with Gasteiger partial charge in [0.05, 0.1) is 12.2 Å². The molecule has 0 spiro atoms. The molecule has 3 amide bonds. The number of ether oxygens (including phenoxy) is 1. The number of hydrogen-bond acceptors (Lipinski definition) is 4. The molecule has 0 fully saturated rings. The van der Waals surface area contributed by atoms with Gasteiger partial charge in [0, 0.05) is 25.7 Å². The molecule has 7 nitrogen and oxygen atoms in total. The fraction of sp³-hybridized carbons (Fsp3) is 0.250. The van der Waals surface area contributed by atoms with Crippen molar-refractivity contribution in [3.8, 4) is 5.75 Å². The molecule has 0 aliphatic carbocycles. The second-order valence-corrected chi connectivity index (χ2v) is 6.22. The number of carbonyl (C=O) groups is 3. The van der Waals surface area contributed by atoms with Crippen LogP contribution in [0.15, 0.2) is 54.6 Å². The fourth-order valence-corrected chi connectivity index (χ4v) is 2.82. The molecule has 7 heteroatoms. The van der Waals surface area contributed by atoms with Crippen molar-refractivity contribution in [1.82, 2.24) is 4.90 Å². The zero-order chi connectivity index (χ0) is 19.2. The van der Waals surface area contributed by atoms with Gasteiger partial charge >= 0.3 is 0 Å². The molecule has 0 unspecified atom stereocenters. The molecule has 0 radical (unpaired) electrons. The van der Waals surface area contributed by atoms with Crippen LogP contribution in [0.4, 0.5) is 11.4 Å². The standard InChI is InChI=1S/C20H21N3O4/c1-22(13-18(24)21-15-7-3-2-4-8-15)19(25)11-12-23-16-9-5-6-10-17(16)27-14-20(23)26/h2-10H,11-14H2,1H3,(H,21,24). The molecular formula is C20H21N3O4. The molecule has 0 saturated heterocycles. The van der Waals surface area contributed by atoms with E-state index in [1.165, 1.54) is 4.90 Å². The van der Waals surface area contributed by atoms with Gasteiger partial charge in [-0.25, -0.2) is 0 Å². The van der Waals surface area contributed by atoms with E-state index in [9.17, 15) is 14.4 Å². The highest BCUT2D eigenvalue weighted by atomic mass is 16.5. The van der Waals surface area contributed by atoms with E-state index in [0.717, 1.165) is 0 Å². The van der Waals surface area contributed by atoms with E-state index in [0.29, 0.717) is 17.1 Å². The lowest BCUT2D eigenvalue weighted by atomic mass is 10.2. The first-order valence-electron chi connectivity index (χ1n) is 8.65. The molecule has 0 bridgehead atoms. The Morgan fingerprint density at radius 1 is 1.11 bits per heavy atom. The van der Waals surface area contributed by atoms with Gasteiger partial charge in [-0.15, -0.1) is 0 Å². The second-order valence-electron chi connectivity index (χ2n) is 6.22. The van der Waals surface area contributed by atoms with Gasteiger partial charge in [-0.05, 0) is 24.3 Å². The first kappa shape index (κ1) is 18.4. The third-order valence-electron chi connectivity index (χ3n) is 4.22. The Bertz CT molecular complexity index is 838. The molecule has 140 valence electrons. The summed E-state index contributed by atoms with van der Waals surface area (Å²) in [5.74, 6) is -0.0501. The smallest absolute Gasteiger partial charge is 0.265 e. The number of hydrogen-bond donors (Lipinski definition) is 1. The van der Waals surface area contributed by atoms with E-state index in [1.807, 2.05) is 30.3 Å². The van der Waals surface area contributed by atoms with Crippen LogP contribution in [0, 0.1) is 0 Å². The lowest BCUT2D eigenvalue weighted by molar-refractivity contribution is -0.133. The van der Waals surface area contributed by atoms with Crippen LogP contribution in [0.1, 0.15) is 6.42 Å². The van der Waals surface area contributed by atoms with E-state index < -0.39 is 0 Å². The van der Waals surface area contributed by atoms with Gasteiger partial charge in [-0.2, -0.15) is 0 Å². The first-order chi connectivity index (χ1) is 13.0. The summed E-state index contributed by atoms with van der Waals surface area (Å²) in [4.78, 5) is 39.5. The highest BCUT2D eigenvalue weighted by molar-refractivity contribution is 5.98. The van der Waals surface area contributed by atoms with Crippen LogP contribution in [0.25, 0.3) is 0 Å². The van der Waals surface area contributed by atoms with E-state index in [-0.39, 0.29) is 43.8 Å². The van der Waals surface area contributed by atoms with E-state index >= 15 is 0 Å². The van der Waals surface area contributed by atoms with Crippen molar-refractivity contribution in [2.75, 3.05) is 37.0 Å². The van der Waals surface area contributed by atoms with Gasteiger partial charge in [0.2, 0.25) is 11.8 Å². The number of rotatable bonds is 6. The van der Waals surface area contributed by atoms with Crippen molar-refractivity contribution in [3.63, 3.8) is 0 Å². The molecule has 1 N–H and O–H groups in total. The summed E-state index contributed by atoms with van der Waals surface area (Å²) in [7, 11) is 1.57. The number of anilines is 2. The molecule has 2 aromatic rings. The largest absolute Gasteiger partial charge is 0.482 e. The topological polar surface area (TPSA) is 79.0 Å². The number of likely N-dealkylation sites (N-methyl/N-ethyl adjacent to an activating group) is 1. The molecule has 0 aromatic heterocycles. The predicted molar refractivity (Wildman–Crippen MR) is 102 cm³/mol. The number of benzene rings is 2. The fourth-order valence-electron chi connectivity index (χ4n) is 2.82. The van der Waals surface area contributed by atoms with Crippen LogP contribution in [0.2, 0.25) is 0 Å². The highest BCUT2D eigenvalue weighted by Crippen LogP contribution is 2.31. The normalized spacial score (nSPS) is 12.8. The van der Waals surface area contributed by atoms with Gasteiger partial charge in [-0.1, -0.05) is 30.3 Å². The predicted octanol–water partition coefficient (Wildman–Crippen LogP) is 1.90. The maximum absolute atomic E-state index is 12.4. The van der Waals surface area contributed by atoms with Crippen molar-refractivity contribution in [1.29, 1.82) is 0 Å². The first-order valence-corrected chi connectivity index (χ1v) is 8.65. The highest BCUT2D eigenvalue weighted by Gasteiger charge is 2.26. The van der Waals surface area contributed by atoms with Gasteiger partial charge in [-0.3, -0.25) is 14.4 Å². The molecule has 1 heterocycles. The number of carbonyl (C=O) groups excluding carboxylic acids is 3. The molecule has 3 rings (SSSR count). The summed E-state index contributed by atoms with van der Waals surface area (Å²) in [5, 5.41) is 2.74. The van der Waals surface area contributed by atoms with Crippen molar-refractivity contribution in [2.45, 2.75) is 6.42 Å². The monoisotopic (exact) mass is 367 g/mol. The molecular weight excluding hydrogens is 346 g/mol. The number of fused-ring (bicyclic) bond motifs is 1. The van der Waals surface area contributed by atoms with E-state index in [2.05, 4.69) is 5.32 Å². The van der Waals surface area contributed by atoms with Crippen LogP contribution in [-0.4, -0.2) is 49.4 Å². The summed E-state index contributed by atoms with van der Waals surface area (Å²) in [5.41, 5.74) is 1.34. The number of nitrogens with one attached hydrogen (secondary N) is 1. The minimum absolute atomic E-state index is 0.0411. The molecule has 1 aliphatic heterocycles. The Morgan fingerprint density at radius 2 is 1.81 bits per heavy atom. The average molecular weight is 367 g/mol. The summed E-state index contributed by atoms with van der Waals surface area (Å²) in [6.45, 7) is 0.143. The Kier molecular flexibility index (Phi) is 5.71.